The van der Waals surface area contributed by atoms with Gasteiger partial charge < -0.3 is 0 Å². The van der Waals surface area contributed by atoms with E-state index in [-0.39, 0.29) is 17.9 Å². The van der Waals surface area contributed by atoms with Crippen LogP contribution in [0, 0.1) is 5.92 Å². The van der Waals surface area contributed by atoms with Gasteiger partial charge >= 0.3 is 0 Å². The number of alkyl halides is 2. The van der Waals surface area contributed by atoms with Crippen LogP contribution in [-0.4, -0.2) is 5.92 Å². The molecule has 0 amide bonds. The number of halogens is 3. The molecule has 0 radical (unpaired) electrons. The number of hydrogen-bond acceptors (Lipinski definition) is 0. The SMILES string of the molecule is FC1=CCC2CCCC(F)(F)C2=C1. The highest BCUT2D eigenvalue weighted by Crippen LogP contribution is 2.45. The second kappa shape index (κ2) is 2.89. The van der Waals surface area contributed by atoms with Crippen molar-refractivity contribution in [1.29, 1.82) is 0 Å². The first kappa shape index (κ1) is 8.85. The third-order valence-corrected chi connectivity index (χ3v) is 2.80. The predicted octanol–water partition coefficient (Wildman–Crippen LogP) is 3.61. The largest absolute Gasteiger partial charge is 0.270 e. The minimum atomic E-state index is -2.77. The van der Waals surface area contributed by atoms with Crippen molar-refractivity contribution in [3.05, 3.63) is 23.6 Å². The summed E-state index contributed by atoms with van der Waals surface area (Å²) in [5.74, 6) is -3.40. The minimum absolute atomic E-state index is 0.0127. The molecular formula is C10H11F3. The van der Waals surface area contributed by atoms with E-state index in [0.717, 1.165) is 12.5 Å². The van der Waals surface area contributed by atoms with Gasteiger partial charge in [0.1, 0.15) is 5.83 Å². The molecule has 72 valence electrons. The first-order valence-corrected chi connectivity index (χ1v) is 4.55. The molecule has 0 aromatic carbocycles. The summed E-state index contributed by atoms with van der Waals surface area (Å²) in [5, 5.41) is 0. The molecular weight excluding hydrogens is 177 g/mol. The molecule has 0 spiro atoms. The van der Waals surface area contributed by atoms with Gasteiger partial charge in [-0.05, 0) is 37.3 Å². The van der Waals surface area contributed by atoms with Gasteiger partial charge in [-0.1, -0.05) is 0 Å². The van der Waals surface area contributed by atoms with Crippen molar-refractivity contribution in [2.24, 2.45) is 5.92 Å². The average Bonchev–Trinajstić information content (AvgIpc) is 2.06. The summed E-state index contributed by atoms with van der Waals surface area (Å²) in [6.07, 6.45) is 4.05. The highest BCUT2D eigenvalue weighted by Gasteiger charge is 2.42. The van der Waals surface area contributed by atoms with Gasteiger partial charge in [0.05, 0.1) is 0 Å². The Bertz CT molecular complexity index is 276. The topological polar surface area (TPSA) is 0 Å². The highest BCUT2D eigenvalue weighted by atomic mass is 19.3. The van der Waals surface area contributed by atoms with E-state index < -0.39 is 11.7 Å². The summed E-state index contributed by atoms with van der Waals surface area (Å²) >= 11 is 0. The van der Waals surface area contributed by atoms with Crippen LogP contribution in [0.2, 0.25) is 0 Å². The maximum absolute atomic E-state index is 13.3. The van der Waals surface area contributed by atoms with Gasteiger partial charge in [-0.15, -0.1) is 0 Å². The van der Waals surface area contributed by atoms with Gasteiger partial charge in [-0.25, -0.2) is 13.2 Å². The van der Waals surface area contributed by atoms with E-state index >= 15 is 0 Å². The van der Waals surface area contributed by atoms with Crippen LogP contribution in [0.25, 0.3) is 0 Å². The summed E-state index contributed by atoms with van der Waals surface area (Å²) in [7, 11) is 0. The molecule has 13 heavy (non-hydrogen) atoms. The van der Waals surface area contributed by atoms with Crippen LogP contribution >= 0.6 is 0 Å². The zero-order valence-corrected chi connectivity index (χ0v) is 7.19. The predicted molar refractivity (Wildman–Crippen MR) is 44.2 cm³/mol. The zero-order chi connectivity index (χ0) is 9.47. The lowest BCUT2D eigenvalue weighted by molar-refractivity contribution is 0.00229. The first-order chi connectivity index (χ1) is 6.09. The van der Waals surface area contributed by atoms with Gasteiger partial charge in [0.25, 0.3) is 5.92 Å². The van der Waals surface area contributed by atoms with Crippen molar-refractivity contribution in [2.75, 3.05) is 0 Å². The van der Waals surface area contributed by atoms with Crippen molar-refractivity contribution >= 4 is 0 Å². The molecule has 0 saturated heterocycles. The van der Waals surface area contributed by atoms with Crippen molar-refractivity contribution in [1.82, 2.24) is 0 Å². The number of fused-ring (bicyclic) bond motifs is 1. The molecule has 2 rings (SSSR count). The number of hydrogen-bond donors (Lipinski definition) is 0. The normalized spacial score (nSPS) is 31.8. The summed E-state index contributed by atoms with van der Waals surface area (Å²) < 4.78 is 39.3. The van der Waals surface area contributed by atoms with Crippen molar-refractivity contribution < 1.29 is 13.2 Å². The maximum Gasteiger partial charge on any atom is 0.270 e. The molecule has 1 fully saturated rings. The summed E-state index contributed by atoms with van der Waals surface area (Å²) in [4.78, 5) is 0. The van der Waals surface area contributed by atoms with Gasteiger partial charge in [0.15, 0.2) is 0 Å². The Morgan fingerprint density at radius 2 is 2.15 bits per heavy atom. The molecule has 1 unspecified atom stereocenters. The Hall–Kier alpha value is -0.730. The molecule has 0 aromatic rings. The Kier molecular flexibility index (Phi) is 1.97. The zero-order valence-electron chi connectivity index (χ0n) is 7.19. The molecule has 1 atom stereocenters. The molecule has 0 bridgehead atoms. The average molecular weight is 188 g/mol. The minimum Gasteiger partial charge on any atom is -0.207 e. The van der Waals surface area contributed by atoms with Gasteiger partial charge in [0.2, 0.25) is 0 Å². The fraction of sp³-hybridized carbons (Fsp3) is 0.600. The fourth-order valence-corrected chi connectivity index (χ4v) is 2.10. The van der Waals surface area contributed by atoms with Crippen LogP contribution in [0.5, 0.6) is 0 Å². The summed E-state index contributed by atoms with van der Waals surface area (Å²) in [6.45, 7) is 0. The van der Waals surface area contributed by atoms with E-state index in [0.29, 0.717) is 12.8 Å². The highest BCUT2D eigenvalue weighted by molar-refractivity contribution is 5.31. The third-order valence-electron chi connectivity index (χ3n) is 2.80. The lowest BCUT2D eigenvalue weighted by atomic mass is 9.77. The van der Waals surface area contributed by atoms with E-state index in [1.807, 2.05) is 0 Å². The van der Waals surface area contributed by atoms with Crippen LogP contribution < -0.4 is 0 Å². The van der Waals surface area contributed by atoms with E-state index in [1.165, 1.54) is 6.08 Å². The Balaban J connectivity index is 2.32. The maximum atomic E-state index is 13.3. The second-order valence-electron chi connectivity index (χ2n) is 3.72. The quantitative estimate of drug-likeness (QED) is 0.544. The van der Waals surface area contributed by atoms with E-state index in [9.17, 15) is 13.2 Å². The summed E-state index contributed by atoms with van der Waals surface area (Å²) in [6, 6.07) is 0. The van der Waals surface area contributed by atoms with E-state index in [2.05, 4.69) is 0 Å². The van der Waals surface area contributed by atoms with Crippen LogP contribution in [0.1, 0.15) is 25.7 Å². The van der Waals surface area contributed by atoms with Crippen LogP contribution in [0.3, 0.4) is 0 Å². The monoisotopic (exact) mass is 188 g/mol. The molecule has 3 heteroatoms. The molecule has 2 aliphatic carbocycles. The van der Waals surface area contributed by atoms with Crippen LogP contribution in [-0.2, 0) is 0 Å². The molecule has 0 aliphatic heterocycles. The molecule has 1 saturated carbocycles. The van der Waals surface area contributed by atoms with E-state index in [1.54, 1.807) is 0 Å². The molecule has 0 aromatic heterocycles. The van der Waals surface area contributed by atoms with Crippen LogP contribution in [0.4, 0.5) is 13.2 Å². The lowest BCUT2D eigenvalue weighted by Crippen LogP contribution is -2.30. The second-order valence-corrected chi connectivity index (χ2v) is 3.72. The summed E-state index contributed by atoms with van der Waals surface area (Å²) in [5.41, 5.74) is 0.0127. The van der Waals surface area contributed by atoms with Crippen molar-refractivity contribution in [3.63, 3.8) is 0 Å². The van der Waals surface area contributed by atoms with Gasteiger partial charge in [-0.2, -0.15) is 0 Å². The Morgan fingerprint density at radius 1 is 1.38 bits per heavy atom. The Labute approximate surface area is 75.1 Å². The molecule has 0 N–H and O–H groups in total. The van der Waals surface area contributed by atoms with Crippen LogP contribution in [0.15, 0.2) is 23.6 Å². The molecule has 0 heterocycles. The molecule has 0 nitrogen and oxygen atoms in total. The standard InChI is InChI=1S/C10H11F3/c11-8-4-3-7-2-1-5-10(12,13)9(7)6-8/h4,6-7H,1-3,5H2. The first-order valence-electron chi connectivity index (χ1n) is 4.55. The van der Waals surface area contributed by atoms with Crippen molar-refractivity contribution in [3.8, 4) is 0 Å². The number of allylic oxidation sites excluding steroid dienone is 4. The van der Waals surface area contributed by atoms with E-state index in [4.69, 9.17) is 0 Å². The Morgan fingerprint density at radius 3 is 2.92 bits per heavy atom. The number of rotatable bonds is 0. The molecule has 2 aliphatic rings. The van der Waals surface area contributed by atoms with Gasteiger partial charge in [0, 0.05) is 12.0 Å². The fourth-order valence-electron chi connectivity index (χ4n) is 2.10. The van der Waals surface area contributed by atoms with Gasteiger partial charge in [-0.3, -0.25) is 0 Å². The van der Waals surface area contributed by atoms with Crippen molar-refractivity contribution in [2.45, 2.75) is 31.6 Å². The smallest absolute Gasteiger partial charge is 0.207 e. The third kappa shape index (κ3) is 1.52. The lowest BCUT2D eigenvalue weighted by Gasteiger charge is -2.33.